The van der Waals surface area contributed by atoms with Gasteiger partial charge in [0.05, 0.1) is 0 Å². The largest absolute Gasteiger partial charge is 0.371 e. The SMILES string of the molecule is Cc1cc(N2CC3CN(C)CC3C2)ccn1. The number of likely N-dealkylation sites (tertiary alicyclic amines) is 1. The number of aromatic nitrogens is 1. The Morgan fingerprint density at radius 1 is 1.19 bits per heavy atom. The van der Waals surface area contributed by atoms with Gasteiger partial charge in [-0.1, -0.05) is 0 Å². The molecule has 16 heavy (non-hydrogen) atoms. The number of pyridine rings is 1. The average molecular weight is 217 g/mol. The Morgan fingerprint density at radius 3 is 2.50 bits per heavy atom. The van der Waals surface area contributed by atoms with Crippen LogP contribution in [0.15, 0.2) is 18.3 Å². The van der Waals surface area contributed by atoms with Gasteiger partial charge in [-0.15, -0.1) is 0 Å². The molecule has 1 aromatic heterocycles. The summed E-state index contributed by atoms with van der Waals surface area (Å²) in [4.78, 5) is 9.25. The Hall–Kier alpha value is -1.09. The molecule has 3 nitrogen and oxygen atoms in total. The number of anilines is 1. The molecule has 0 bridgehead atoms. The Bertz CT molecular complexity index is 377. The molecular formula is C13H19N3. The summed E-state index contributed by atoms with van der Waals surface area (Å²) in [6, 6.07) is 4.34. The van der Waals surface area contributed by atoms with Crippen LogP contribution in [0, 0.1) is 18.8 Å². The van der Waals surface area contributed by atoms with E-state index in [0.29, 0.717) is 0 Å². The molecule has 2 saturated heterocycles. The second-order valence-corrected chi connectivity index (χ2v) is 5.30. The van der Waals surface area contributed by atoms with E-state index < -0.39 is 0 Å². The van der Waals surface area contributed by atoms with E-state index in [9.17, 15) is 0 Å². The first-order valence-corrected chi connectivity index (χ1v) is 6.08. The molecule has 2 atom stereocenters. The molecule has 1 aromatic rings. The molecule has 3 rings (SSSR count). The number of hydrogen-bond donors (Lipinski definition) is 0. The van der Waals surface area contributed by atoms with Gasteiger partial charge < -0.3 is 9.80 Å². The van der Waals surface area contributed by atoms with Crippen LogP contribution in [-0.2, 0) is 0 Å². The normalized spacial score (nSPS) is 29.8. The van der Waals surface area contributed by atoms with Gasteiger partial charge in [0.1, 0.15) is 0 Å². The minimum atomic E-state index is 0.874. The highest BCUT2D eigenvalue weighted by Crippen LogP contribution is 2.33. The highest BCUT2D eigenvalue weighted by molar-refractivity contribution is 5.47. The molecule has 0 amide bonds. The summed E-state index contributed by atoms with van der Waals surface area (Å²) in [6.45, 7) is 7.04. The summed E-state index contributed by atoms with van der Waals surface area (Å²) in [5.41, 5.74) is 2.47. The predicted molar refractivity (Wildman–Crippen MR) is 65.7 cm³/mol. The average Bonchev–Trinajstić information content (AvgIpc) is 2.74. The third-order valence-corrected chi connectivity index (χ3v) is 3.91. The van der Waals surface area contributed by atoms with E-state index in [2.05, 4.69) is 40.9 Å². The zero-order chi connectivity index (χ0) is 11.1. The maximum absolute atomic E-state index is 4.26. The van der Waals surface area contributed by atoms with Crippen molar-refractivity contribution in [3.63, 3.8) is 0 Å². The number of rotatable bonds is 1. The first kappa shape index (κ1) is 10.1. The minimum absolute atomic E-state index is 0.874. The maximum atomic E-state index is 4.26. The molecule has 2 unspecified atom stereocenters. The van der Waals surface area contributed by atoms with Gasteiger partial charge in [0, 0.05) is 43.8 Å². The van der Waals surface area contributed by atoms with Crippen molar-refractivity contribution in [2.75, 3.05) is 38.1 Å². The second kappa shape index (κ2) is 3.74. The van der Waals surface area contributed by atoms with Crippen LogP contribution >= 0.6 is 0 Å². The minimum Gasteiger partial charge on any atom is -0.371 e. The molecule has 86 valence electrons. The summed E-state index contributed by atoms with van der Waals surface area (Å²) in [5.74, 6) is 1.75. The first-order valence-electron chi connectivity index (χ1n) is 6.08. The van der Waals surface area contributed by atoms with Gasteiger partial charge in [0.2, 0.25) is 0 Å². The Morgan fingerprint density at radius 2 is 1.88 bits per heavy atom. The molecule has 3 heterocycles. The lowest BCUT2D eigenvalue weighted by Crippen LogP contribution is -2.26. The molecular weight excluding hydrogens is 198 g/mol. The molecule has 2 aliphatic heterocycles. The number of fused-ring (bicyclic) bond motifs is 1. The fourth-order valence-electron chi connectivity index (χ4n) is 3.17. The molecule has 2 fully saturated rings. The molecule has 0 radical (unpaired) electrons. The van der Waals surface area contributed by atoms with Crippen LogP contribution in [0.3, 0.4) is 0 Å². The number of hydrogen-bond acceptors (Lipinski definition) is 3. The molecule has 0 aromatic carbocycles. The second-order valence-electron chi connectivity index (χ2n) is 5.30. The Kier molecular flexibility index (Phi) is 2.36. The summed E-state index contributed by atoms with van der Waals surface area (Å²) in [7, 11) is 2.24. The monoisotopic (exact) mass is 217 g/mol. The summed E-state index contributed by atoms with van der Waals surface area (Å²) >= 11 is 0. The van der Waals surface area contributed by atoms with Crippen LogP contribution in [0.25, 0.3) is 0 Å². The van der Waals surface area contributed by atoms with E-state index in [1.165, 1.54) is 31.9 Å². The van der Waals surface area contributed by atoms with E-state index >= 15 is 0 Å². The van der Waals surface area contributed by atoms with Gasteiger partial charge in [-0.2, -0.15) is 0 Å². The smallest absolute Gasteiger partial charge is 0.0400 e. The fourth-order valence-corrected chi connectivity index (χ4v) is 3.17. The lowest BCUT2D eigenvalue weighted by Gasteiger charge is -2.21. The first-order chi connectivity index (χ1) is 7.72. The van der Waals surface area contributed by atoms with Gasteiger partial charge in [-0.3, -0.25) is 4.98 Å². The predicted octanol–water partition coefficient (Wildman–Crippen LogP) is 1.39. The topological polar surface area (TPSA) is 19.4 Å². The standard InChI is InChI=1S/C13H19N3/c1-10-5-13(3-4-14-10)16-8-11-6-15(2)7-12(11)9-16/h3-5,11-12H,6-9H2,1-2H3. The summed E-state index contributed by atoms with van der Waals surface area (Å²) in [5, 5.41) is 0. The van der Waals surface area contributed by atoms with Gasteiger partial charge >= 0.3 is 0 Å². The molecule has 2 aliphatic rings. The highest BCUT2D eigenvalue weighted by Gasteiger charge is 2.38. The van der Waals surface area contributed by atoms with Crippen LogP contribution in [0.1, 0.15) is 5.69 Å². The summed E-state index contributed by atoms with van der Waals surface area (Å²) in [6.07, 6.45) is 1.92. The van der Waals surface area contributed by atoms with Gasteiger partial charge in [-0.25, -0.2) is 0 Å². The van der Waals surface area contributed by atoms with E-state index in [-0.39, 0.29) is 0 Å². The maximum Gasteiger partial charge on any atom is 0.0400 e. The van der Waals surface area contributed by atoms with Gasteiger partial charge in [0.15, 0.2) is 0 Å². The van der Waals surface area contributed by atoms with Crippen molar-refractivity contribution in [1.29, 1.82) is 0 Å². The van der Waals surface area contributed by atoms with E-state index in [0.717, 1.165) is 17.5 Å². The van der Waals surface area contributed by atoms with Crippen LogP contribution in [0.5, 0.6) is 0 Å². The van der Waals surface area contributed by atoms with Crippen LogP contribution in [0.4, 0.5) is 5.69 Å². The van der Waals surface area contributed by atoms with Gasteiger partial charge in [-0.05, 0) is 37.9 Å². The van der Waals surface area contributed by atoms with E-state index in [4.69, 9.17) is 0 Å². The van der Waals surface area contributed by atoms with Crippen molar-refractivity contribution in [3.05, 3.63) is 24.0 Å². The van der Waals surface area contributed by atoms with Crippen LogP contribution < -0.4 is 4.90 Å². The Balaban J connectivity index is 1.75. The lowest BCUT2D eigenvalue weighted by molar-refractivity contribution is 0.387. The summed E-state index contributed by atoms with van der Waals surface area (Å²) < 4.78 is 0. The van der Waals surface area contributed by atoms with Crippen molar-refractivity contribution >= 4 is 5.69 Å². The van der Waals surface area contributed by atoms with Crippen molar-refractivity contribution < 1.29 is 0 Å². The van der Waals surface area contributed by atoms with Gasteiger partial charge in [0.25, 0.3) is 0 Å². The lowest BCUT2D eigenvalue weighted by atomic mass is 10.0. The zero-order valence-electron chi connectivity index (χ0n) is 10.1. The highest BCUT2D eigenvalue weighted by atomic mass is 15.2. The quantitative estimate of drug-likeness (QED) is 0.708. The Labute approximate surface area is 97.1 Å². The number of nitrogens with zero attached hydrogens (tertiary/aromatic N) is 3. The fraction of sp³-hybridized carbons (Fsp3) is 0.615. The number of aryl methyl sites for hydroxylation is 1. The molecule has 3 heteroatoms. The van der Waals surface area contributed by atoms with Crippen molar-refractivity contribution in [1.82, 2.24) is 9.88 Å². The van der Waals surface area contributed by atoms with Crippen molar-refractivity contribution in [2.45, 2.75) is 6.92 Å². The zero-order valence-corrected chi connectivity index (χ0v) is 10.1. The molecule has 0 saturated carbocycles. The van der Waals surface area contributed by atoms with Crippen molar-refractivity contribution in [3.8, 4) is 0 Å². The molecule has 0 spiro atoms. The van der Waals surface area contributed by atoms with E-state index in [1.807, 2.05) is 6.20 Å². The van der Waals surface area contributed by atoms with Crippen LogP contribution in [-0.4, -0.2) is 43.1 Å². The van der Waals surface area contributed by atoms with E-state index in [1.54, 1.807) is 0 Å². The molecule has 0 aliphatic carbocycles. The third kappa shape index (κ3) is 1.69. The van der Waals surface area contributed by atoms with Crippen molar-refractivity contribution in [2.24, 2.45) is 11.8 Å². The molecule has 0 N–H and O–H groups in total. The third-order valence-electron chi connectivity index (χ3n) is 3.91. The van der Waals surface area contributed by atoms with Crippen LogP contribution in [0.2, 0.25) is 0 Å².